The second kappa shape index (κ2) is 8.15. The van der Waals surface area contributed by atoms with Crippen LogP contribution >= 0.6 is 0 Å². The first kappa shape index (κ1) is 25.5. The number of carbonyl (C=O) groups excluding carboxylic acids is 3. The molecule has 9 aliphatic rings. The van der Waals surface area contributed by atoms with Crippen LogP contribution in [0.4, 0.5) is 0 Å². The van der Waals surface area contributed by atoms with E-state index in [2.05, 4.69) is 13.8 Å². The van der Waals surface area contributed by atoms with Crippen molar-refractivity contribution in [2.45, 2.75) is 90.9 Å². The number of fused-ring (bicyclic) bond motifs is 3. The van der Waals surface area contributed by atoms with Gasteiger partial charge in [0.2, 0.25) is 0 Å². The third-order valence-electron chi connectivity index (χ3n) is 12.8. The van der Waals surface area contributed by atoms with Gasteiger partial charge in [0.1, 0.15) is 11.5 Å². The van der Waals surface area contributed by atoms with Crippen molar-refractivity contribution in [1.82, 2.24) is 0 Å². The van der Waals surface area contributed by atoms with Crippen LogP contribution in [0.15, 0.2) is 36.4 Å². The monoisotopic (exact) mass is 564 g/mol. The lowest BCUT2D eigenvalue weighted by molar-refractivity contribution is -0.170. The molecule has 42 heavy (non-hydrogen) atoms. The second-order valence-corrected chi connectivity index (χ2v) is 16.6. The minimum Gasteiger partial charge on any atom is -0.426 e. The smallest absolute Gasteiger partial charge is 0.317 e. The average Bonchev–Trinajstić information content (AvgIpc) is 3.16. The zero-order valence-corrected chi connectivity index (χ0v) is 24.8. The van der Waals surface area contributed by atoms with E-state index in [4.69, 9.17) is 9.47 Å². The largest absolute Gasteiger partial charge is 0.426 e. The molecule has 0 saturated heterocycles. The molecule has 8 fully saturated rings. The van der Waals surface area contributed by atoms with Gasteiger partial charge in [0.15, 0.2) is 5.78 Å². The molecule has 2 unspecified atom stereocenters. The highest BCUT2D eigenvalue weighted by Crippen LogP contribution is 2.66. The highest BCUT2D eigenvalue weighted by atomic mass is 16.5. The van der Waals surface area contributed by atoms with Crippen LogP contribution in [0.1, 0.15) is 107 Å². The van der Waals surface area contributed by atoms with E-state index in [-0.39, 0.29) is 39.4 Å². The number of hydrogen-bond acceptors (Lipinski definition) is 5. The maximum atomic E-state index is 13.6. The highest BCUT2D eigenvalue weighted by molar-refractivity contribution is 6.22. The van der Waals surface area contributed by atoms with Gasteiger partial charge >= 0.3 is 11.9 Å². The zero-order chi connectivity index (χ0) is 28.6. The Morgan fingerprint density at radius 2 is 0.976 bits per heavy atom. The number of carbonyl (C=O) groups is 3. The van der Waals surface area contributed by atoms with Crippen molar-refractivity contribution in [3.63, 3.8) is 0 Å². The molecule has 0 aromatic heterocycles. The normalized spacial score (nSPS) is 41.5. The number of ketones is 1. The summed E-state index contributed by atoms with van der Waals surface area (Å²) in [7, 11) is 0. The average molecular weight is 565 g/mol. The number of rotatable bonds is 4. The van der Waals surface area contributed by atoms with Crippen LogP contribution in [0.25, 0.3) is 11.1 Å². The summed E-state index contributed by atoms with van der Waals surface area (Å²) < 4.78 is 12.1. The first-order valence-corrected chi connectivity index (χ1v) is 16.3. The van der Waals surface area contributed by atoms with Gasteiger partial charge in [-0.2, -0.15) is 0 Å². The summed E-state index contributed by atoms with van der Waals surface area (Å²) in [6.07, 6.45) is 13.1. The van der Waals surface area contributed by atoms with Crippen LogP contribution in [0.2, 0.25) is 0 Å². The molecule has 5 nitrogen and oxygen atoms in total. The van der Waals surface area contributed by atoms with Gasteiger partial charge in [-0.15, -0.1) is 0 Å². The van der Waals surface area contributed by atoms with E-state index in [0.717, 1.165) is 49.7 Å². The lowest BCUT2D eigenvalue weighted by Crippen LogP contribution is -2.55. The fraction of sp³-hybridized carbons (Fsp3) is 0.595. The molecule has 0 radical (unpaired) electrons. The molecule has 0 N–H and O–H groups in total. The summed E-state index contributed by atoms with van der Waals surface area (Å²) in [5.41, 5.74) is 2.53. The van der Waals surface area contributed by atoms with Crippen LogP contribution in [-0.4, -0.2) is 17.7 Å². The molecular formula is C37H40O5. The second-order valence-electron chi connectivity index (χ2n) is 16.6. The van der Waals surface area contributed by atoms with Gasteiger partial charge in [-0.3, -0.25) is 14.4 Å². The summed E-state index contributed by atoms with van der Waals surface area (Å²) in [4.78, 5) is 40.9. The summed E-state index contributed by atoms with van der Waals surface area (Å²) in [6.45, 7) is 4.71. The fourth-order valence-electron chi connectivity index (χ4n) is 12.5. The molecule has 5 heteroatoms. The number of hydrogen-bond donors (Lipinski definition) is 0. The van der Waals surface area contributed by atoms with Crippen LogP contribution in [0, 0.1) is 45.3 Å². The lowest BCUT2D eigenvalue weighted by atomic mass is 9.44. The van der Waals surface area contributed by atoms with Crippen molar-refractivity contribution >= 4 is 17.7 Å². The molecule has 0 amide bonds. The molecule has 0 spiro atoms. The van der Waals surface area contributed by atoms with Gasteiger partial charge < -0.3 is 9.47 Å². The Balaban J connectivity index is 0.940. The maximum Gasteiger partial charge on any atom is 0.317 e. The molecule has 2 aromatic rings. The summed E-state index contributed by atoms with van der Waals surface area (Å²) >= 11 is 0. The third-order valence-corrected chi connectivity index (χ3v) is 12.8. The Labute approximate surface area is 247 Å². The van der Waals surface area contributed by atoms with Gasteiger partial charge in [-0.25, -0.2) is 0 Å². The summed E-state index contributed by atoms with van der Waals surface area (Å²) in [5.74, 6) is 3.09. The molecule has 2 aromatic carbocycles. The number of benzene rings is 2. The first-order valence-electron chi connectivity index (χ1n) is 16.3. The topological polar surface area (TPSA) is 69.7 Å². The van der Waals surface area contributed by atoms with Gasteiger partial charge in [0.25, 0.3) is 0 Å². The Bertz CT molecular complexity index is 1440. The molecule has 6 atom stereocenters. The minimum absolute atomic E-state index is 0.111. The van der Waals surface area contributed by atoms with E-state index in [1.54, 1.807) is 12.1 Å². The van der Waals surface area contributed by atoms with E-state index in [1.807, 2.05) is 24.3 Å². The van der Waals surface area contributed by atoms with Crippen molar-refractivity contribution in [3.05, 3.63) is 47.5 Å². The van der Waals surface area contributed by atoms with Crippen molar-refractivity contribution in [2.24, 2.45) is 45.3 Å². The van der Waals surface area contributed by atoms with Gasteiger partial charge in [-0.05, 0) is 159 Å². The van der Waals surface area contributed by atoms with Crippen LogP contribution < -0.4 is 9.47 Å². The lowest BCUT2D eigenvalue weighted by Gasteiger charge is -2.59. The SMILES string of the molecule is CC12C[C@H]3C[C@@H](C1)CC(C(=O)Oc1ccc4c(c1)C(=O)c1cc(OC(=O)C56C[C@H]7C[C@@H](CC(C)(C7)C5)C6)ccc1-4)(C3)C2. The molecule has 0 aliphatic heterocycles. The van der Waals surface area contributed by atoms with Crippen molar-refractivity contribution in [3.8, 4) is 22.6 Å². The van der Waals surface area contributed by atoms with E-state index < -0.39 is 0 Å². The Morgan fingerprint density at radius 1 is 0.595 bits per heavy atom. The Hall–Kier alpha value is -2.95. The molecule has 218 valence electrons. The van der Waals surface area contributed by atoms with Crippen molar-refractivity contribution in [2.75, 3.05) is 0 Å². The fourth-order valence-corrected chi connectivity index (χ4v) is 12.5. The third kappa shape index (κ3) is 3.64. The van der Waals surface area contributed by atoms with E-state index in [9.17, 15) is 14.4 Å². The number of ether oxygens (including phenoxy) is 2. The van der Waals surface area contributed by atoms with Crippen LogP contribution in [-0.2, 0) is 9.59 Å². The molecule has 9 aliphatic carbocycles. The van der Waals surface area contributed by atoms with Crippen molar-refractivity contribution < 1.29 is 23.9 Å². The van der Waals surface area contributed by atoms with Gasteiger partial charge in [0, 0.05) is 11.1 Å². The predicted octanol–water partition coefficient (Wildman–Crippen LogP) is 7.92. The Morgan fingerprint density at radius 3 is 1.33 bits per heavy atom. The molecule has 11 rings (SSSR count). The molecular weight excluding hydrogens is 524 g/mol. The van der Waals surface area contributed by atoms with Crippen molar-refractivity contribution in [1.29, 1.82) is 0 Å². The molecule has 0 heterocycles. The highest BCUT2D eigenvalue weighted by Gasteiger charge is 2.61. The van der Waals surface area contributed by atoms with Crippen LogP contribution in [0.5, 0.6) is 11.5 Å². The summed E-state index contributed by atoms with van der Waals surface area (Å²) in [5, 5.41) is 0. The summed E-state index contributed by atoms with van der Waals surface area (Å²) in [6, 6.07) is 10.9. The first-order chi connectivity index (χ1) is 20.0. The zero-order valence-electron chi connectivity index (χ0n) is 24.8. The standard InChI is InChI=1S/C37H40O5/c1-34-11-21-7-22(12-34)16-36(15-21,19-34)32(39)41-25-3-5-27-28-6-4-26(10-30(28)31(38)29(27)9-25)42-33(40)37-17-23-8-24(18-37)14-35(2,13-23)20-37/h3-6,9-10,21-24H,7-8,11-20H2,1-2H3/t21-,22-,23-,24+,34?,35?,36?,37?/m0/s1. The number of esters is 2. The minimum atomic E-state index is -0.377. The van der Waals surface area contributed by atoms with E-state index in [1.165, 1.54) is 38.5 Å². The maximum absolute atomic E-state index is 13.6. The van der Waals surface area contributed by atoms with E-state index in [0.29, 0.717) is 46.3 Å². The Kier molecular flexibility index (Phi) is 4.96. The van der Waals surface area contributed by atoms with Gasteiger partial charge in [0.05, 0.1) is 10.8 Å². The van der Waals surface area contributed by atoms with Gasteiger partial charge in [-0.1, -0.05) is 13.8 Å². The predicted molar refractivity (Wildman–Crippen MR) is 157 cm³/mol. The quantitative estimate of drug-likeness (QED) is 0.238. The molecule has 8 bridgehead atoms. The molecule has 8 saturated carbocycles. The van der Waals surface area contributed by atoms with E-state index >= 15 is 0 Å². The van der Waals surface area contributed by atoms with Crippen LogP contribution in [0.3, 0.4) is 0 Å².